The summed E-state index contributed by atoms with van der Waals surface area (Å²) in [7, 11) is 0. The average Bonchev–Trinajstić information content (AvgIpc) is 2.24. The normalized spacial score (nSPS) is 39.0. The number of nitrogens with two attached hydrogens (primary N) is 2. The van der Waals surface area contributed by atoms with Gasteiger partial charge in [-0.15, -0.1) is 0 Å². The van der Waals surface area contributed by atoms with Gasteiger partial charge >= 0.3 is 5.97 Å². The Bertz CT molecular complexity index is 365. The minimum Gasteiger partial charge on any atom is -0.459 e. The van der Waals surface area contributed by atoms with Gasteiger partial charge in [-0.1, -0.05) is 0 Å². The first kappa shape index (κ1) is 13.1. The average molecular weight is 257 g/mol. The molecule has 2 bridgehead atoms. The Hall–Kier alpha value is -1.34. The second-order valence-corrected chi connectivity index (χ2v) is 5.23. The first-order chi connectivity index (χ1) is 8.42. The van der Waals surface area contributed by atoms with Gasteiger partial charge < -0.3 is 26.4 Å². The van der Waals surface area contributed by atoms with Crippen molar-refractivity contribution in [3.8, 4) is 0 Å². The Kier molecular flexibility index (Phi) is 3.45. The minimum absolute atomic E-state index is 0.0118. The van der Waals surface area contributed by atoms with Crippen LogP contribution in [0, 0.1) is 5.41 Å². The van der Waals surface area contributed by atoms with E-state index >= 15 is 0 Å². The number of aliphatic imine (C=N–C) groups is 1. The van der Waals surface area contributed by atoms with E-state index in [1.165, 1.54) is 0 Å². The lowest BCUT2D eigenvalue weighted by Gasteiger charge is -2.48. The highest BCUT2D eigenvalue weighted by molar-refractivity contribution is 5.75. The predicted octanol–water partition coefficient (Wildman–Crippen LogP) is -1.53. The van der Waals surface area contributed by atoms with Crippen LogP contribution in [0.15, 0.2) is 4.99 Å². The van der Waals surface area contributed by atoms with E-state index in [0.717, 1.165) is 0 Å². The molecule has 0 aromatic heterocycles. The molecular weight excluding hydrogens is 238 g/mol. The highest BCUT2D eigenvalue weighted by Crippen LogP contribution is 2.46. The number of hydrogen-bond acceptors (Lipinski definition) is 5. The number of aliphatic hydroxyl groups is 2. The van der Waals surface area contributed by atoms with Crippen LogP contribution >= 0.6 is 0 Å². The summed E-state index contributed by atoms with van der Waals surface area (Å²) in [5, 5.41) is 19.6. The van der Waals surface area contributed by atoms with Crippen LogP contribution in [0.25, 0.3) is 0 Å². The van der Waals surface area contributed by atoms with Crippen LogP contribution < -0.4 is 11.5 Å². The molecule has 1 heterocycles. The number of rotatable bonds is 3. The number of carbonyl (C=O) groups excluding carboxylic acids is 1. The maximum atomic E-state index is 11.5. The maximum absolute atomic E-state index is 11.5. The standard InChI is InChI=1S/C11H19N3O4/c12-10(13)14-2-1-11-3-6(15)9(17)7(4-11)18-8(16)5-11/h6-7,9,15,17H,1-5H2,(H4,12,13,14)/t6-,7+,9-,11+/m0/s1. The smallest absolute Gasteiger partial charge is 0.306 e. The first-order valence-corrected chi connectivity index (χ1v) is 6.03. The molecule has 0 aromatic carbocycles. The van der Waals surface area contributed by atoms with Gasteiger partial charge in [0.15, 0.2) is 5.96 Å². The van der Waals surface area contributed by atoms with E-state index in [1.807, 2.05) is 0 Å². The van der Waals surface area contributed by atoms with Crippen molar-refractivity contribution < 1.29 is 19.7 Å². The van der Waals surface area contributed by atoms with E-state index in [9.17, 15) is 15.0 Å². The molecule has 102 valence electrons. The fraction of sp³-hybridized carbons (Fsp3) is 0.818. The molecule has 18 heavy (non-hydrogen) atoms. The summed E-state index contributed by atoms with van der Waals surface area (Å²) in [5.74, 6) is -0.320. The van der Waals surface area contributed by atoms with Gasteiger partial charge in [-0.2, -0.15) is 0 Å². The van der Waals surface area contributed by atoms with Gasteiger partial charge in [0.05, 0.1) is 12.5 Å². The molecule has 6 N–H and O–H groups in total. The first-order valence-electron chi connectivity index (χ1n) is 6.03. The molecule has 2 fully saturated rings. The fourth-order valence-electron chi connectivity index (χ4n) is 2.93. The van der Waals surface area contributed by atoms with Gasteiger partial charge in [0.25, 0.3) is 0 Å². The zero-order chi connectivity index (χ0) is 13.3. The van der Waals surface area contributed by atoms with Gasteiger partial charge in [-0.25, -0.2) is 0 Å². The fourth-order valence-corrected chi connectivity index (χ4v) is 2.93. The minimum atomic E-state index is -0.995. The topological polar surface area (TPSA) is 131 Å². The van der Waals surface area contributed by atoms with Crippen molar-refractivity contribution in [3.63, 3.8) is 0 Å². The predicted molar refractivity (Wildman–Crippen MR) is 63.5 cm³/mol. The highest BCUT2D eigenvalue weighted by atomic mass is 16.6. The molecule has 4 atom stereocenters. The summed E-state index contributed by atoms with van der Waals surface area (Å²) >= 11 is 0. The molecular formula is C11H19N3O4. The number of aliphatic hydroxyl groups excluding tert-OH is 2. The summed E-state index contributed by atoms with van der Waals surface area (Å²) < 4.78 is 5.06. The van der Waals surface area contributed by atoms with E-state index in [-0.39, 0.29) is 23.8 Å². The highest BCUT2D eigenvalue weighted by Gasteiger charge is 2.51. The zero-order valence-corrected chi connectivity index (χ0v) is 10.1. The van der Waals surface area contributed by atoms with E-state index in [2.05, 4.69) is 4.99 Å². The molecule has 7 nitrogen and oxygen atoms in total. The van der Waals surface area contributed by atoms with Crippen molar-refractivity contribution in [3.05, 3.63) is 0 Å². The van der Waals surface area contributed by atoms with Crippen molar-refractivity contribution in [2.45, 2.75) is 44.0 Å². The Labute approximate surface area is 105 Å². The molecule has 0 unspecified atom stereocenters. The van der Waals surface area contributed by atoms with Crippen molar-refractivity contribution >= 4 is 11.9 Å². The number of fused-ring (bicyclic) bond motifs is 2. The third kappa shape index (κ3) is 2.56. The molecule has 0 spiro atoms. The largest absolute Gasteiger partial charge is 0.459 e. The van der Waals surface area contributed by atoms with Crippen molar-refractivity contribution in [2.24, 2.45) is 21.9 Å². The van der Waals surface area contributed by atoms with Crippen LogP contribution in [0.3, 0.4) is 0 Å². The Morgan fingerprint density at radius 2 is 2.17 bits per heavy atom. The van der Waals surface area contributed by atoms with Crippen molar-refractivity contribution in [2.75, 3.05) is 6.54 Å². The third-order valence-corrected chi connectivity index (χ3v) is 3.79. The molecule has 2 aliphatic rings. The zero-order valence-electron chi connectivity index (χ0n) is 10.1. The maximum Gasteiger partial charge on any atom is 0.306 e. The van der Waals surface area contributed by atoms with Gasteiger partial charge in [0, 0.05) is 6.54 Å². The van der Waals surface area contributed by atoms with Gasteiger partial charge in [0.2, 0.25) is 0 Å². The quantitative estimate of drug-likeness (QED) is 0.275. The van der Waals surface area contributed by atoms with Crippen molar-refractivity contribution in [1.29, 1.82) is 0 Å². The van der Waals surface area contributed by atoms with Crippen LogP contribution in [0.1, 0.15) is 25.7 Å². The number of nitrogens with zero attached hydrogens (tertiary/aromatic N) is 1. The second-order valence-electron chi connectivity index (χ2n) is 5.23. The number of carbonyl (C=O) groups is 1. The Balaban J connectivity index is 2.09. The molecule has 7 heteroatoms. The molecule has 1 saturated heterocycles. The van der Waals surface area contributed by atoms with E-state index < -0.39 is 18.3 Å². The number of ether oxygens (including phenoxy) is 1. The summed E-state index contributed by atoms with van der Waals surface area (Å²) in [6.45, 7) is 0.408. The van der Waals surface area contributed by atoms with E-state index in [1.54, 1.807) is 0 Å². The molecule has 2 rings (SSSR count). The summed E-state index contributed by atoms with van der Waals surface area (Å²) in [4.78, 5) is 15.4. The van der Waals surface area contributed by atoms with Crippen LogP contribution in [0.2, 0.25) is 0 Å². The van der Waals surface area contributed by atoms with E-state index in [0.29, 0.717) is 25.8 Å². The van der Waals surface area contributed by atoms with Crippen LogP contribution in [-0.2, 0) is 9.53 Å². The lowest BCUT2D eigenvalue weighted by Crippen LogP contribution is -2.55. The lowest BCUT2D eigenvalue weighted by molar-refractivity contribution is -0.197. The Morgan fingerprint density at radius 3 is 2.83 bits per heavy atom. The summed E-state index contributed by atoms with van der Waals surface area (Å²) in [6, 6.07) is 0. The number of guanidine groups is 1. The van der Waals surface area contributed by atoms with Crippen LogP contribution in [0.5, 0.6) is 0 Å². The van der Waals surface area contributed by atoms with Gasteiger partial charge in [0.1, 0.15) is 12.2 Å². The number of hydrogen-bond donors (Lipinski definition) is 4. The SMILES string of the molecule is NC(N)=NCC[C@]12CC(=O)O[C@H](C1)[C@@H](O)[C@@H](O)C2. The molecule has 0 aromatic rings. The molecule has 1 aliphatic carbocycles. The second kappa shape index (κ2) is 4.74. The van der Waals surface area contributed by atoms with Gasteiger partial charge in [-0.3, -0.25) is 9.79 Å². The summed E-state index contributed by atoms with van der Waals surface area (Å²) in [5.41, 5.74) is 10.2. The van der Waals surface area contributed by atoms with Gasteiger partial charge in [-0.05, 0) is 24.7 Å². The van der Waals surface area contributed by atoms with Crippen LogP contribution in [0.4, 0.5) is 0 Å². The van der Waals surface area contributed by atoms with Crippen LogP contribution in [-0.4, -0.2) is 47.0 Å². The number of esters is 1. The third-order valence-electron chi connectivity index (χ3n) is 3.79. The molecule has 1 aliphatic heterocycles. The monoisotopic (exact) mass is 257 g/mol. The Morgan fingerprint density at radius 1 is 1.44 bits per heavy atom. The molecule has 0 amide bonds. The molecule has 1 saturated carbocycles. The van der Waals surface area contributed by atoms with E-state index in [4.69, 9.17) is 16.2 Å². The summed E-state index contributed by atoms with van der Waals surface area (Å²) in [6.07, 6.45) is -0.708. The lowest BCUT2D eigenvalue weighted by atomic mass is 9.65. The van der Waals surface area contributed by atoms with Crippen molar-refractivity contribution in [1.82, 2.24) is 0 Å². The molecule has 0 radical (unpaired) electrons.